The number of aliphatic hydroxyl groups is 1. The van der Waals surface area contributed by atoms with Gasteiger partial charge in [-0.2, -0.15) is 0 Å². The molecule has 15 heavy (non-hydrogen) atoms. The van der Waals surface area contributed by atoms with Crippen LogP contribution in [0.4, 0.5) is 0 Å². The molecule has 2 aliphatic heterocycles. The molecule has 0 unspecified atom stereocenters. The molecule has 0 spiro atoms. The molecule has 0 aromatic carbocycles. The number of carbonyl (C=O) groups is 1. The summed E-state index contributed by atoms with van der Waals surface area (Å²) in [5.74, 6) is -0.944. The van der Waals surface area contributed by atoms with Crippen molar-refractivity contribution in [2.45, 2.75) is 6.23 Å². The Kier molecular flexibility index (Phi) is 2.41. The molecule has 0 bridgehead atoms. The van der Waals surface area contributed by atoms with Crippen LogP contribution in [0.3, 0.4) is 0 Å². The van der Waals surface area contributed by atoms with Gasteiger partial charge in [0.15, 0.2) is 6.23 Å². The van der Waals surface area contributed by atoms with Gasteiger partial charge in [0.25, 0.3) is 0 Å². The van der Waals surface area contributed by atoms with Crippen LogP contribution in [0.1, 0.15) is 0 Å². The molecule has 2 aliphatic rings. The molecule has 0 saturated carbocycles. The molecule has 1 atom stereocenters. The van der Waals surface area contributed by atoms with Gasteiger partial charge in [-0.05, 0) is 15.9 Å². The smallest absolute Gasteiger partial charge is 0.337 e. The van der Waals surface area contributed by atoms with E-state index in [1.165, 1.54) is 17.3 Å². The predicted octanol–water partition coefficient (Wildman–Crippen LogP) is 0.266. The quantitative estimate of drug-likeness (QED) is 0.717. The number of rotatable bonds is 1. The third-order valence-corrected chi connectivity index (χ3v) is 2.31. The zero-order valence-corrected chi connectivity index (χ0v) is 8.92. The number of hydrogen-bond donors (Lipinski definition) is 2. The Morgan fingerprint density at radius 3 is 3.00 bits per heavy atom. The summed E-state index contributed by atoms with van der Waals surface area (Å²) in [4.78, 5) is 19.7. The molecule has 2 N–H and O–H groups in total. The second-order valence-corrected chi connectivity index (χ2v) is 3.79. The number of aliphatic imine (C=N–C) groups is 2. The molecule has 7 heteroatoms. The van der Waals surface area contributed by atoms with Crippen LogP contribution in [0.25, 0.3) is 0 Å². The number of aliphatic carboxylic acids is 1. The first-order chi connectivity index (χ1) is 7.09. The van der Waals surface area contributed by atoms with E-state index in [4.69, 9.17) is 5.11 Å². The summed E-state index contributed by atoms with van der Waals surface area (Å²) in [5.41, 5.74) is -0.188. The van der Waals surface area contributed by atoms with Crippen molar-refractivity contribution in [3.63, 3.8) is 0 Å². The van der Waals surface area contributed by atoms with Crippen LogP contribution < -0.4 is 0 Å². The van der Waals surface area contributed by atoms with Crippen molar-refractivity contribution >= 4 is 34.1 Å². The Bertz CT molecular complexity index is 438. The largest absolute Gasteiger partial charge is 0.478 e. The molecule has 6 nitrogen and oxygen atoms in total. The van der Waals surface area contributed by atoms with E-state index in [9.17, 15) is 9.90 Å². The van der Waals surface area contributed by atoms with Gasteiger partial charge < -0.3 is 10.2 Å². The Balaban J connectivity index is 2.40. The van der Waals surface area contributed by atoms with Gasteiger partial charge in [0, 0.05) is 18.6 Å². The van der Waals surface area contributed by atoms with Crippen molar-refractivity contribution in [1.29, 1.82) is 0 Å². The molecule has 2 heterocycles. The van der Waals surface area contributed by atoms with Gasteiger partial charge >= 0.3 is 5.97 Å². The molecular weight excluding hydrogens is 266 g/mol. The number of carboxylic acid groups (broad SMARTS) is 1. The van der Waals surface area contributed by atoms with Crippen LogP contribution in [-0.2, 0) is 4.79 Å². The summed E-state index contributed by atoms with van der Waals surface area (Å²) in [6.45, 7) is 0. The second-order valence-electron chi connectivity index (χ2n) is 2.87. The molecule has 0 saturated heterocycles. The SMILES string of the molecule is O=C(O)C1=CN=C2N=CC(Br)=CN2[C@H]1O. The van der Waals surface area contributed by atoms with Gasteiger partial charge in [-0.15, -0.1) is 0 Å². The summed E-state index contributed by atoms with van der Waals surface area (Å²) in [7, 11) is 0. The van der Waals surface area contributed by atoms with Crippen molar-refractivity contribution in [2.24, 2.45) is 9.98 Å². The van der Waals surface area contributed by atoms with Crippen LogP contribution in [0, 0.1) is 0 Å². The van der Waals surface area contributed by atoms with Gasteiger partial charge in [-0.1, -0.05) is 0 Å². The van der Waals surface area contributed by atoms with Crippen molar-refractivity contribution < 1.29 is 15.0 Å². The maximum Gasteiger partial charge on any atom is 0.337 e. The number of hydrogen-bond acceptors (Lipinski definition) is 5. The Morgan fingerprint density at radius 1 is 1.60 bits per heavy atom. The summed E-state index contributed by atoms with van der Waals surface area (Å²) < 4.78 is 0.632. The van der Waals surface area contributed by atoms with Gasteiger partial charge in [0.05, 0.1) is 4.48 Å². The normalized spacial score (nSPS) is 24.0. The lowest BCUT2D eigenvalue weighted by atomic mass is 10.2. The fourth-order valence-corrected chi connectivity index (χ4v) is 1.52. The van der Waals surface area contributed by atoms with Crippen LogP contribution in [0.15, 0.2) is 32.4 Å². The maximum absolute atomic E-state index is 10.7. The summed E-state index contributed by atoms with van der Waals surface area (Å²) >= 11 is 3.17. The molecule has 0 aromatic heterocycles. The van der Waals surface area contributed by atoms with Gasteiger partial charge in [0.1, 0.15) is 5.57 Å². The predicted molar refractivity (Wildman–Crippen MR) is 56.5 cm³/mol. The summed E-state index contributed by atoms with van der Waals surface area (Å²) in [6.07, 6.45) is 2.87. The highest BCUT2D eigenvalue weighted by Crippen LogP contribution is 2.21. The highest BCUT2D eigenvalue weighted by molar-refractivity contribution is 9.12. The fourth-order valence-electron chi connectivity index (χ4n) is 1.20. The van der Waals surface area contributed by atoms with E-state index in [1.54, 1.807) is 0 Å². The van der Waals surface area contributed by atoms with Crippen molar-refractivity contribution in [3.8, 4) is 0 Å². The number of carboxylic acids is 1. The number of allylic oxidation sites excluding steroid dienone is 1. The number of halogens is 1. The summed E-state index contributed by atoms with van der Waals surface area (Å²) in [5, 5.41) is 18.5. The number of fused-ring (bicyclic) bond motifs is 1. The molecule has 0 aromatic rings. The van der Waals surface area contributed by atoms with E-state index >= 15 is 0 Å². The van der Waals surface area contributed by atoms with Crippen molar-refractivity contribution in [2.75, 3.05) is 0 Å². The molecule has 0 aliphatic carbocycles. The standard InChI is InChI=1S/C8H6BrN3O3/c9-4-1-10-8-11-2-5(7(14)15)6(13)12(8)3-4/h1-3,6,13H,(H,14,15)/t6-/m0/s1. The zero-order valence-electron chi connectivity index (χ0n) is 7.33. The van der Waals surface area contributed by atoms with E-state index in [-0.39, 0.29) is 11.5 Å². The molecule has 0 radical (unpaired) electrons. The van der Waals surface area contributed by atoms with Gasteiger partial charge in [-0.25, -0.2) is 14.8 Å². The van der Waals surface area contributed by atoms with Crippen molar-refractivity contribution in [1.82, 2.24) is 4.90 Å². The maximum atomic E-state index is 10.7. The van der Waals surface area contributed by atoms with E-state index in [0.717, 1.165) is 6.20 Å². The van der Waals surface area contributed by atoms with Gasteiger partial charge in [0.2, 0.25) is 5.96 Å². The summed E-state index contributed by atoms with van der Waals surface area (Å²) in [6, 6.07) is 0. The minimum Gasteiger partial charge on any atom is -0.478 e. The average molecular weight is 272 g/mol. The Morgan fingerprint density at radius 2 is 2.33 bits per heavy atom. The molecule has 2 rings (SSSR count). The minimum atomic E-state index is -1.26. The van der Waals surface area contributed by atoms with Crippen LogP contribution in [-0.4, -0.2) is 39.5 Å². The number of aliphatic hydroxyl groups excluding tert-OH is 1. The van der Waals surface area contributed by atoms with E-state index < -0.39 is 12.2 Å². The van der Waals surface area contributed by atoms with E-state index in [1.807, 2.05) is 0 Å². The highest BCUT2D eigenvalue weighted by Gasteiger charge is 2.30. The van der Waals surface area contributed by atoms with Crippen LogP contribution in [0.5, 0.6) is 0 Å². The lowest BCUT2D eigenvalue weighted by Gasteiger charge is -2.29. The average Bonchev–Trinajstić information content (AvgIpc) is 2.19. The van der Waals surface area contributed by atoms with Crippen LogP contribution >= 0.6 is 15.9 Å². The topological polar surface area (TPSA) is 85.5 Å². The van der Waals surface area contributed by atoms with Crippen LogP contribution in [0.2, 0.25) is 0 Å². The molecular formula is C8H6BrN3O3. The number of nitrogens with zero attached hydrogens (tertiary/aromatic N) is 3. The second kappa shape index (κ2) is 3.59. The molecule has 78 valence electrons. The zero-order chi connectivity index (χ0) is 11.0. The van der Waals surface area contributed by atoms with Crippen molar-refractivity contribution in [3.05, 3.63) is 22.5 Å². The minimum absolute atomic E-state index is 0.188. The van der Waals surface area contributed by atoms with E-state index in [0.29, 0.717) is 4.48 Å². The fraction of sp³-hybridized carbons (Fsp3) is 0.125. The Hall–Kier alpha value is -1.47. The highest BCUT2D eigenvalue weighted by atomic mass is 79.9. The lowest BCUT2D eigenvalue weighted by molar-refractivity contribution is -0.134. The first-order valence-corrected chi connectivity index (χ1v) is 4.78. The van der Waals surface area contributed by atoms with Gasteiger partial charge in [-0.3, -0.25) is 4.90 Å². The Labute approximate surface area is 93.1 Å². The molecule has 0 amide bonds. The van der Waals surface area contributed by atoms with E-state index in [2.05, 4.69) is 25.9 Å². The third-order valence-electron chi connectivity index (χ3n) is 1.90. The number of guanidine groups is 1. The first kappa shape index (κ1) is 10.1. The lowest BCUT2D eigenvalue weighted by Crippen LogP contribution is -2.42. The third kappa shape index (κ3) is 1.71. The first-order valence-electron chi connectivity index (χ1n) is 3.98. The monoisotopic (exact) mass is 271 g/mol. The molecule has 0 fully saturated rings.